The Labute approximate surface area is 123 Å². The average Bonchev–Trinajstić information content (AvgIpc) is 2.77. The van der Waals surface area contributed by atoms with Crippen LogP contribution in [0, 0.1) is 12.3 Å². The molecule has 1 heterocycles. The molecule has 0 saturated heterocycles. The lowest BCUT2D eigenvalue weighted by Crippen LogP contribution is -2.48. The number of aliphatic hydroxyl groups is 1. The highest BCUT2D eigenvalue weighted by molar-refractivity contribution is 5.90. The molecule has 6 heteroatoms. The molecular formula is C15H21NO5. The van der Waals surface area contributed by atoms with Crippen molar-refractivity contribution in [2.24, 2.45) is 5.41 Å². The lowest BCUT2D eigenvalue weighted by molar-refractivity contribution is -0.150. The lowest BCUT2D eigenvalue weighted by Gasteiger charge is -2.41. The molecule has 0 atom stereocenters. The highest BCUT2D eigenvalue weighted by Gasteiger charge is 2.45. The first kappa shape index (κ1) is 15.6. The number of amides is 1. The van der Waals surface area contributed by atoms with Gasteiger partial charge in [0.25, 0.3) is 0 Å². The molecule has 2 rings (SSSR count). The third-order valence-corrected chi connectivity index (χ3v) is 4.18. The fraction of sp³-hybridized carbons (Fsp3) is 0.600. The first-order valence-electron chi connectivity index (χ1n) is 6.97. The Hall–Kier alpha value is -1.82. The number of ether oxygens (including phenoxy) is 1. The van der Waals surface area contributed by atoms with E-state index in [9.17, 15) is 14.7 Å². The number of aliphatic hydroxyl groups excluding tert-OH is 1. The smallest absolute Gasteiger partial charge is 0.341 e. The standard InChI is InChI=1S/C15H21NO5/c1-10-12(13(18)20-3)7-11(21-10)8-16(2)14(19)15(9-17)5-4-6-15/h7,17H,4-6,8-9H2,1-3H3. The minimum Gasteiger partial charge on any atom is -0.465 e. The molecule has 0 aliphatic heterocycles. The Morgan fingerprint density at radius 2 is 2.14 bits per heavy atom. The summed E-state index contributed by atoms with van der Waals surface area (Å²) >= 11 is 0. The van der Waals surface area contributed by atoms with Crippen LogP contribution in [-0.2, 0) is 16.1 Å². The third-order valence-electron chi connectivity index (χ3n) is 4.18. The molecule has 21 heavy (non-hydrogen) atoms. The second-order valence-electron chi connectivity index (χ2n) is 5.63. The summed E-state index contributed by atoms with van der Waals surface area (Å²) < 4.78 is 10.2. The molecule has 0 bridgehead atoms. The van der Waals surface area contributed by atoms with Crippen molar-refractivity contribution in [2.45, 2.75) is 32.7 Å². The molecule has 0 aromatic carbocycles. The largest absolute Gasteiger partial charge is 0.465 e. The zero-order chi connectivity index (χ0) is 15.6. The van der Waals surface area contributed by atoms with Crippen LogP contribution in [0.4, 0.5) is 0 Å². The maximum atomic E-state index is 12.4. The van der Waals surface area contributed by atoms with Gasteiger partial charge in [-0.25, -0.2) is 4.79 Å². The van der Waals surface area contributed by atoms with E-state index in [0.29, 0.717) is 17.1 Å². The van der Waals surface area contributed by atoms with E-state index in [4.69, 9.17) is 4.42 Å². The average molecular weight is 295 g/mol. The molecule has 0 spiro atoms. The van der Waals surface area contributed by atoms with E-state index in [1.165, 1.54) is 12.0 Å². The van der Waals surface area contributed by atoms with Gasteiger partial charge in [0.1, 0.15) is 17.1 Å². The second-order valence-corrected chi connectivity index (χ2v) is 5.63. The van der Waals surface area contributed by atoms with Gasteiger partial charge in [0.15, 0.2) is 0 Å². The molecule has 1 fully saturated rings. The number of carbonyl (C=O) groups excluding carboxylic acids is 2. The molecule has 1 aliphatic rings. The molecule has 116 valence electrons. The van der Waals surface area contributed by atoms with Crippen LogP contribution in [0.2, 0.25) is 0 Å². The summed E-state index contributed by atoms with van der Waals surface area (Å²) in [6.45, 7) is 1.82. The van der Waals surface area contributed by atoms with Crippen molar-refractivity contribution < 1.29 is 23.8 Å². The van der Waals surface area contributed by atoms with Crippen molar-refractivity contribution in [3.63, 3.8) is 0 Å². The van der Waals surface area contributed by atoms with Crippen molar-refractivity contribution >= 4 is 11.9 Å². The van der Waals surface area contributed by atoms with Gasteiger partial charge in [-0.1, -0.05) is 6.42 Å². The van der Waals surface area contributed by atoms with E-state index in [1.807, 2.05) is 0 Å². The quantitative estimate of drug-likeness (QED) is 0.833. The fourth-order valence-electron chi connectivity index (χ4n) is 2.69. The van der Waals surface area contributed by atoms with Crippen LogP contribution >= 0.6 is 0 Å². The van der Waals surface area contributed by atoms with Gasteiger partial charge in [-0.15, -0.1) is 0 Å². The summed E-state index contributed by atoms with van der Waals surface area (Å²) in [4.78, 5) is 25.5. The van der Waals surface area contributed by atoms with Gasteiger partial charge in [-0.2, -0.15) is 0 Å². The van der Waals surface area contributed by atoms with Crippen molar-refractivity contribution in [3.05, 3.63) is 23.2 Å². The van der Waals surface area contributed by atoms with Crippen LogP contribution in [-0.4, -0.2) is 42.6 Å². The summed E-state index contributed by atoms with van der Waals surface area (Å²) in [7, 11) is 2.99. The van der Waals surface area contributed by atoms with Gasteiger partial charge >= 0.3 is 5.97 Å². The molecule has 1 aromatic rings. The van der Waals surface area contributed by atoms with E-state index in [2.05, 4.69) is 4.74 Å². The van der Waals surface area contributed by atoms with Crippen LogP contribution in [0.25, 0.3) is 0 Å². The molecule has 1 aromatic heterocycles. The topological polar surface area (TPSA) is 80.0 Å². The lowest BCUT2D eigenvalue weighted by atomic mass is 9.68. The maximum absolute atomic E-state index is 12.4. The minimum absolute atomic E-state index is 0.0788. The number of aryl methyl sites for hydroxylation is 1. The highest BCUT2D eigenvalue weighted by Crippen LogP contribution is 2.42. The molecule has 1 saturated carbocycles. The molecule has 0 unspecified atom stereocenters. The van der Waals surface area contributed by atoms with Crippen LogP contribution in [0.3, 0.4) is 0 Å². The predicted octanol–water partition coefficient (Wildman–Crippen LogP) is 1.50. The van der Waals surface area contributed by atoms with Crippen LogP contribution in [0.1, 0.15) is 41.1 Å². The SMILES string of the molecule is COC(=O)c1cc(CN(C)C(=O)C2(CO)CCC2)oc1C. The zero-order valence-corrected chi connectivity index (χ0v) is 12.6. The van der Waals surface area contributed by atoms with E-state index < -0.39 is 11.4 Å². The summed E-state index contributed by atoms with van der Waals surface area (Å²) in [5.74, 6) is 0.460. The number of esters is 1. The van der Waals surface area contributed by atoms with Gasteiger partial charge in [0.2, 0.25) is 5.91 Å². The van der Waals surface area contributed by atoms with Crippen LogP contribution in [0.5, 0.6) is 0 Å². The molecule has 1 amide bonds. The monoisotopic (exact) mass is 295 g/mol. The van der Waals surface area contributed by atoms with E-state index in [0.717, 1.165) is 19.3 Å². The van der Waals surface area contributed by atoms with Crippen molar-refractivity contribution in [1.29, 1.82) is 0 Å². The van der Waals surface area contributed by atoms with Gasteiger partial charge in [0, 0.05) is 7.05 Å². The van der Waals surface area contributed by atoms with Gasteiger partial charge in [0.05, 0.1) is 25.7 Å². The fourth-order valence-corrected chi connectivity index (χ4v) is 2.69. The van der Waals surface area contributed by atoms with E-state index in [-0.39, 0.29) is 19.1 Å². The first-order valence-corrected chi connectivity index (χ1v) is 6.97. The van der Waals surface area contributed by atoms with Crippen LogP contribution in [0.15, 0.2) is 10.5 Å². The summed E-state index contributed by atoms with van der Waals surface area (Å²) in [6.07, 6.45) is 2.40. The highest BCUT2D eigenvalue weighted by atomic mass is 16.5. The maximum Gasteiger partial charge on any atom is 0.341 e. The Morgan fingerprint density at radius 3 is 2.62 bits per heavy atom. The summed E-state index contributed by atoms with van der Waals surface area (Å²) in [6, 6.07) is 1.59. The van der Waals surface area contributed by atoms with Gasteiger partial charge in [-0.05, 0) is 25.8 Å². The van der Waals surface area contributed by atoms with Crippen molar-refractivity contribution in [2.75, 3.05) is 20.8 Å². The number of carbonyl (C=O) groups is 2. The summed E-state index contributed by atoms with van der Waals surface area (Å²) in [5, 5.41) is 9.44. The molecule has 6 nitrogen and oxygen atoms in total. The van der Waals surface area contributed by atoms with Crippen molar-refractivity contribution in [1.82, 2.24) is 4.90 Å². The Bertz CT molecular complexity index is 539. The third kappa shape index (κ3) is 2.81. The number of hydrogen-bond acceptors (Lipinski definition) is 5. The number of rotatable bonds is 5. The number of furan rings is 1. The minimum atomic E-state index is -0.623. The summed E-state index contributed by atoms with van der Waals surface area (Å²) in [5.41, 5.74) is -0.254. The van der Waals surface area contributed by atoms with Gasteiger partial charge < -0.3 is 19.2 Å². The zero-order valence-electron chi connectivity index (χ0n) is 12.6. The Balaban J connectivity index is 2.08. The van der Waals surface area contributed by atoms with E-state index >= 15 is 0 Å². The normalized spacial score (nSPS) is 16.2. The number of nitrogens with zero attached hydrogens (tertiary/aromatic N) is 1. The Kier molecular flexibility index (Phi) is 4.37. The second kappa shape index (κ2) is 5.89. The van der Waals surface area contributed by atoms with E-state index in [1.54, 1.807) is 20.0 Å². The molecular weight excluding hydrogens is 274 g/mol. The van der Waals surface area contributed by atoms with Gasteiger partial charge in [-0.3, -0.25) is 4.79 Å². The van der Waals surface area contributed by atoms with Crippen LogP contribution < -0.4 is 0 Å². The Morgan fingerprint density at radius 1 is 1.48 bits per heavy atom. The predicted molar refractivity (Wildman–Crippen MR) is 74.6 cm³/mol. The first-order chi connectivity index (χ1) is 9.93. The molecule has 0 radical (unpaired) electrons. The number of hydrogen-bond donors (Lipinski definition) is 1. The molecule has 1 N–H and O–H groups in total. The number of methoxy groups -OCH3 is 1. The molecule has 1 aliphatic carbocycles. The van der Waals surface area contributed by atoms with Crippen molar-refractivity contribution in [3.8, 4) is 0 Å².